The first kappa shape index (κ1) is 17.7. The zero-order chi connectivity index (χ0) is 18.8. The molecule has 1 heterocycles. The first-order chi connectivity index (χ1) is 13.2. The van der Waals surface area contributed by atoms with Crippen LogP contribution in [0.2, 0.25) is 0 Å². The number of carbonyl (C=O) groups excluding carboxylic acids is 1. The Kier molecular flexibility index (Phi) is 4.90. The largest absolute Gasteiger partial charge is 0.354 e. The molecule has 136 valence electrons. The average molecular weight is 375 g/mol. The molecule has 0 aliphatic rings. The molecule has 0 spiro atoms. The van der Waals surface area contributed by atoms with Crippen LogP contribution in [-0.4, -0.2) is 17.1 Å². The summed E-state index contributed by atoms with van der Waals surface area (Å²) in [6.45, 7) is 2.16. The van der Waals surface area contributed by atoms with Crippen LogP contribution in [0.5, 0.6) is 0 Å². The second-order valence-corrected chi connectivity index (χ2v) is 7.53. The minimum atomic E-state index is -0.0876. The summed E-state index contributed by atoms with van der Waals surface area (Å²) < 4.78 is 0. The third kappa shape index (κ3) is 3.45. The number of aromatic amines is 1. The second-order valence-electron chi connectivity index (χ2n) is 6.66. The maximum absolute atomic E-state index is 12.6. The molecule has 4 aromatic rings. The van der Waals surface area contributed by atoms with Gasteiger partial charge in [0.25, 0.3) is 5.91 Å². The standard InChI is InChI=1S/C23H22N2OS/c1-3-16-5-4-6-20-19-12-11-18(13-21(19)25-22(16)20)24-23(26)17-9-7-15(8-10-17)14-27-2/h4-13,25H,3,14H2,1-2H3,(H,24,26). The molecule has 0 fully saturated rings. The number of nitrogens with one attached hydrogen (secondary N) is 2. The zero-order valence-corrected chi connectivity index (χ0v) is 16.3. The molecule has 3 nitrogen and oxygen atoms in total. The van der Waals surface area contributed by atoms with Crippen molar-refractivity contribution in [1.29, 1.82) is 0 Å². The Morgan fingerprint density at radius 1 is 1.04 bits per heavy atom. The summed E-state index contributed by atoms with van der Waals surface area (Å²) in [5, 5.41) is 5.42. The third-order valence-corrected chi connectivity index (χ3v) is 5.51. The van der Waals surface area contributed by atoms with E-state index in [4.69, 9.17) is 0 Å². The lowest BCUT2D eigenvalue weighted by Gasteiger charge is -2.06. The van der Waals surface area contributed by atoms with Crippen LogP contribution in [0, 0.1) is 0 Å². The predicted octanol–water partition coefficient (Wildman–Crippen LogP) is 6.00. The van der Waals surface area contributed by atoms with Crippen molar-refractivity contribution in [2.24, 2.45) is 0 Å². The van der Waals surface area contributed by atoms with Crippen molar-refractivity contribution in [3.05, 3.63) is 77.4 Å². The van der Waals surface area contributed by atoms with Gasteiger partial charge in [0, 0.05) is 38.8 Å². The number of anilines is 1. The predicted molar refractivity (Wildman–Crippen MR) is 117 cm³/mol. The molecular weight excluding hydrogens is 352 g/mol. The van der Waals surface area contributed by atoms with Crippen LogP contribution >= 0.6 is 11.8 Å². The summed E-state index contributed by atoms with van der Waals surface area (Å²) in [5.74, 6) is 0.869. The van der Waals surface area contributed by atoms with Gasteiger partial charge in [0.2, 0.25) is 0 Å². The fourth-order valence-corrected chi connectivity index (χ4v) is 4.01. The summed E-state index contributed by atoms with van der Waals surface area (Å²) in [5.41, 5.74) is 6.22. The molecule has 0 aliphatic carbocycles. The van der Waals surface area contributed by atoms with Crippen LogP contribution in [-0.2, 0) is 12.2 Å². The van der Waals surface area contributed by atoms with E-state index in [0.29, 0.717) is 5.56 Å². The van der Waals surface area contributed by atoms with Gasteiger partial charge < -0.3 is 10.3 Å². The van der Waals surface area contributed by atoms with Gasteiger partial charge in [0.15, 0.2) is 0 Å². The first-order valence-corrected chi connectivity index (χ1v) is 10.5. The van der Waals surface area contributed by atoms with E-state index in [-0.39, 0.29) is 5.91 Å². The van der Waals surface area contributed by atoms with Crippen molar-refractivity contribution in [3.63, 3.8) is 0 Å². The van der Waals surface area contributed by atoms with E-state index in [1.54, 1.807) is 11.8 Å². The summed E-state index contributed by atoms with van der Waals surface area (Å²) in [7, 11) is 0. The van der Waals surface area contributed by atoms with E-state index in [1.807, 2.05) is 36.4 Å². The van der Waals surface area contributed by atoms with Gasteiger partial charge >= 0.3 is 0 Å². The number of hydrogen-bond acceptors (Lipinski definition) is 2. The molecule has 1 amide bonds. The number of benzene rings is 3. The maximum atomic E-state index is 12.6. The number of aryl methyl sites for hydroxylation is 1. The van der Waals surface area contributed by atoms with Gasteiger partial charge in [0.1, 0.15) is 0 Å². The number of carbonyl (C=O) groups is 1. The molecule has 0 radical (unpaired) electrons. The van der Waals surface area contributed by atoms with Crippen LogP contribution in [0.1, 0.15) is 28.4 Å². The fourth-order valence-electron chi connectivity index (χ4n) is 3.48. The van der Waals surface area contributed by atoms with E-state index >= 15 is 0 Å². The molecule has 4 rings (SSSR count). The van der Waals surface area contributed by atoms with Crippen molar-refractivity contribution in [3.8, 4) is 0 Å². The van der Waals surface area contributed by atoms with Gasteiger partial charge in [-0.3, -0.25) is 4.79 Å². The Balaban J connectivity index is 1.62. The van der Waals surface area contributed by atoms with E-state index in [2.05, 4.69) is 47.7 Å². The second kappa shape index (κ2) is 7.49. The van der Waals surface area contributed by atoms with Crippen molar-refractivity contribution in [2.45, 2.75) is 19.1 Å². The van der Waals surface area contributed by atoms with E-state index in [0.717, 1.165) is 23.4 Å². The molecule has 4 heteroatoms. The highest BCUT2D eigenvalue weighted by Gasteiger charge is 2.10. The van der Waals surface area contributed by atoms with Crippen LogP contribution in [0.3, 0.4) is 0 Å². The molecule has 1 aromatic heterocycles. The summed E-state index contributed by atoms with van der Waals surface area (Å²) in [6, 6.07) is 20.2. The number of thioether (sulfide) groups is 1. The summed E-state index contributed by atoms with van der Waals surface area (Å²) in [4.78, 5) is 16.1. The average Bonchev–Trinajstić information content (AvgIpc) is 3.06. The zero-order valence-electron chi connectivity index (χ0n) is 15.5. The van der Waals surface area contributed by atoms with Crippen molar-refractivity contribution < 1.29 is 4.79 Å². The fraction of sp³-hybridized carbons (Fsp3) is 0.174. The van der Waals surface area contributed by atoms with E-state index in [9.17, 15) is 4.79 Å². The van der Waals surface area contributed by atoms with Gasteiger partial charge in [-0.2, -0.15) is 11.8 Å². The third-order valence-electron chi connectivity index (χ3n) is 4.89. The summed E-state index contributed by atoms with van der Waals surface area (Å²) in [6.07, 6.45) is 3.06. The Labute approximate surface area is 163 Å². The maximum Gasteiger partial charge on any atom is 0.255 e. The van der Waals surface area contributed by atoms with Gasteiger partial charge in [-0.25, -0.2) is 0 Å². The number of hydrogen-bond donors (Lipinski definition) is 2. The quantitative estimate of drug-likeness (QED) is 0.450. The van der Waals surface area contributed by atoms with E-state index in [1.165, 1.54) is 27.4 Å². The molecule has 2 N–H and O–H groups in total. The van der Waals surface area contributed by atoms with Crippen LogP contribution < -0.4 is 5.32 Å². The molecule has 0 aliphatic heterocycles. The van der Waals surface area contributed by atoms with Crippen molar-refractivity contribution in [2.75, 3.05) is 11.6 Å². The highest BCUT2D eigenvalue weighted by molar-refractivity contribution is 7.97. The number of amides is 1. The Hall–Kier alpha value is -2.72. The highest BCUT2D eigenvalue weighted by Crippen LogP contribution is 2.29. The Morgan fingerprint density at radius 3 is 2.59 bits per heavy atom. The molecule has 3 aromatic carbocycles. The first-order valence-electron chi connectivity index (χ1n) is 9.12. The lowest BCUT2D eigenvalue weighted by molar-refractivity contribution is 0.102. The molecule has 0 atom stereocenters. The van der Waals surface area contributed by atoms with Crippen molar-refractivity contribution >= 4 is 45.2 Å². The van der Waals surface area contributed by atoms with Gasteiger partial charge in [-0.15, -0.1) is 0 Å². The summed E-state index contributed by atoms with van der Waals surface area (Å²) >= 11 is 1.77. The van der Waals surface area contributed by atoms with Gasteiger partial charge in [-0.05, 0) is 48.1 Å². The smallest absolute Gasteiger partial charge is 0.255 e. The number of para-hydroxylation sites is 1. The molecule has 27 heavy (non-hydrogen) atoms. The SMILES string of the molecule is CCc1cccc2c1[nH]c1cc(NC(=O)c3ccc(CSC)cc3)ccc12. The number of rotatable bonds is 5. The molecule has 0 saturated carbocycles. The highest BCUT2D eigenvalue weighted by atomic mass is 32.2. The van der Waals surface area contributed by atoms with Gasteiger partial charge in [-0.1, -0.05) is 43.3 Å². The number of H-pyrrole nitrogens is 1. The molecular formula is C23H22N2OS. The monoisotopic (exact) mass is 374 g/mol. The Morgan fingerprint density at radius 2 is 1.85 bits per heavy atom. The number of fused-ring (bicyclic) bond motifs is 3. The van der Waals surface area contributed by atoms with Crippen LogP contribution in [0.4, 0.5) is 5.69 Å². The lowest BCUT2D eigenvalue weighted by atomic mass is 10.1. The Bertz CT molecular complexity index is 1110. The molecule has 0 bridgehead atoms. The minimum Gasteiger partial charge on any atom is -0.354 e. The van der Waals surface area contributed by atoms with Gasteiger partial charge in [0.05, 0.1) is 0 Å². The van der Waals surface area contributed by atoms with E-state index < -0.39 is 0 Å². The topological polar surface area (TPSA) is 44.9 Å². The van der Waals surface area contributed by atoms with Crippen LogP contribution in [0.25, 0.3) is 21.8 Å². The molecule has 0 unspecified atom stereocenters. The lowest BCUT2D eigenvalue weighted by Crippen LogP contribution is -2.11. The van der Waals surface area contributed by atoms with Crippen LogP contribution in [0.15, 0.2) is 60.7 Å². The van der Waals surface area contributed by atoms with Crippen molar-refractivity contribution in [1.82, 2.24) is 4.98 Å². The minimum absolute atomic E-state index is 0.0876. The normalized spacial score (nSPS) is 11.2. The number of aromatic nitrogens is 1. The molecule has 0 saturated heterocycles.